The number of hydrogen-bond acceptors (Lipinski definition) is 4. The number of carbonyl (C=O) groups excluding carboxylic acids is 2. The second kappa shape index (κ2) is 15.3. The van der Waals surface area contributed by atoms with Crippen LogP contribution < -0.4 is 5.32 Å². The minimum atomic E-state index is -0.228. The van der Waals surface area contributed by atoms with Crippen LogP contribution in [0, 0.1) is 0 Å². The minimum Gasteiger partial charge on any atom is -0.388 e. The number of aromatic amines is 1. The number of amides is 2. The molecule has 3 rings (SSSR count). The molecule has 0 fully saturated rings. The zero-order valence-electron chi connectivity index (χ0n) is 21.3. The summed E-state index contributed by atoms with van der Waals surface area (Å²) in [6, 6.07) is 5.93. The number of nitrogens with one attached hydrogen (secondary N) is 2. The molecule has 1 aromatic carbocycles. The molecule has 2 amide bonds. The summed E-state index contributed by atoms with van der Waals surface area (Å²) < 4.78 is 7.37. The fourth-order valence-electron chi connectivity index (χ4n) is 3.44. The number of aromatic nitrogens is 3. The van der Waals surface area contributed by atoms with Crippen molar-refractivity contribution in [2.45, 2.75) is 46.6 Å². The normalized spacial score (nSPS) is 11.1. The van der Waals surface area contributed by atoms with Gasteiger partial charge in [-0.3, -0.25) is 9.59 Å². The Morgan fingerprint density at radius 3 is 2.53 bits per heavy atom. The van der Waals surface area contributed by atoms with E-state index >= 15 is 0 Å². The number of methoxy groups -OCH3 is 1. The number of fused-ring (bicyclic) bond motifs is 1. The molecule has 2 N–H and O–H groups in total. The average Bonchev–Trinajstić information content (AvgIpc) is 3.45. The molecule has 1 unspecified atom stereocenters. The maximum Gasteiger partial charge on any atom is 0.242 e. The highest BCUT2D eigenvalue weighted by Gasteiger charge is 2.23. The third kappa shape index (κ3) is 7.70. The molecule has 3 aromatic rings. The Morgan fingerprint density at radius 2 is 1.94 bits per heavy atom. The van der Waals surface area contributed by atoms with Crippen LogP contribution in [0.5, 0.6) is 0 Å². The first kappa shape index (κ1) is 29.4. The first-order valence-electron chi connectivity index (χ1n) is 11.5. The van der Waals surface area contributed by atoms with E-state index in [9.17, 15) is 9.59 Å². The molecule has 2 heterocycles. The predicted octanol–water partition coefficient (Wildman–Crippen LogP) is 5.06. The van der Waals surface area contributed by atoms with Crippen molar-refractivity contribution in [2.24, 2.45) is 7.05 Å². The summed E-state index contributed by atoms with van der Waals surface area (Å²) in [7, 11) is 5.26. The molecular formula is C25H38BrN5O3. The summed E-state index contributed by atoms with van der Waals surface area (Å²) in [5, 5.41) is 3.57. The first-order valence-corrected chi connectivity index (χ1v) is 12.3. The van der Waals surface area contributed by atoms with Crippen LogP contribution in [0.1, 0.15) is 52.4 Å². The average molecular weight is 537 g/mol. The molecular weight excluding hydrogens is 498 g/mol. The van der Waals surface area contributed by atoms with Crippen LogP contribution in [0.25, 0.3) is 22.2 Å². The summed E-state index contributed by atoms with van der Waals surface area (Å²) in [4.78, 5) is 32.6. The third-order valence-corrected chi connectivity index (χ3v) is 5.54. The van der Waals surface area contributed by atoms with Gasteiger partial charge in [0.15, 0.2) is 0 Å². The number of benzene rings is 1. The Balaban J connectivity index is 0.000000872. The highest BCUT2D eigenvalue weighted by Crippen LogP contribution is 2.33. The highest BCUT2D eigenvalue weighted by atomic mass is 79.9. The van der Waals surface area contributed by atoms with Crippen molar-refractivity contribution >= 4 is 39.2 Å². The van der Waals surface area contributed by atoms with Gasteiger partial charge in [0.2, 0.25) is 12.3 Å². The van der Waals surface area contributed by atoms with Crippen LogP contribution in [0.2, 0.25) is 0 Å². The van der Waals surface area contributed by atoms with Crippen molar-refractivity contribution in [1.29, 1.82) is 0 Å². The molecule has 0 radical (unpaired) electrons. The molecule has 8 nitrogen and oxygen atoms in total. The van der Waals surface area contributed by atoms with Crippen molar-refractivity contribution in [1.82, 2.24) is 24.8 Å². The van der Waals surface area contributed by atoms with Gasteiger partial charge in [-0.2, -0.15) is 0 Å². The Kier molecular flexibility index (Phi) is 13.2. The second-order valence-electron chi connectivity index (χ2n) is 7.84. The summed E-state index contributed by atoms with van der Waals surface area (Å²) in [6.45, 7) is 8.79. The van der Waals surface area contributed by atoms with Gasteiger partial charge < -0.3 is 24.5 Å². The van der Waals surface area contributed by atoms with E-state index in [2.05, 4.69) is 66.5 Å². The largest absolute Gasteiger partial charge is 0.388 e. The number of aryl methyl sites for hydroxylation is 1. The van der Waals surface area contributed by atoms with Crippen LogP contribution >= 0.6 is 15.9 Å². The van der Waals surface area contributed by atoms with Crippen LogP contribution in [0.3, 0.4) is 0 Å². The first-order chi connectivity index (χ1) is 16.3. The van der Waals surface area contributed by atoms with E-state index < -0.39 is 0 Å². The lowest BCUT2D eigenvalue weighted by Crippen LogP contribution is -2.40. The van der Waals surface area contributed by atoms with Crippen molar-refractivity contribution in [3.63, 3.8) is 0 Å². The highest BCUT2D eigenvalue weighted by molar-refractivity contribution is 9.10. The van der Waals surface area contributed by atoms with Gasteiger partial charge in [-0.1, -0.05) is 43.1 Å². The number of carbonyl (C=O) groups is 2. The van der Waals surface area contributed by atoms with Crippen LogP contribution in [0.15, 0.2) is 35.1 Å². The van der Waals surface area contributed by atoms with Gasteiger partial charge in [-0.15, -0.1) is 0 Å². The lowest BCUT2D eigenvalue weighted by molar-refractivity contribution is -0.133. The number of H-pyrrole nitrogens is 1. The van der Waals surface area contributed by atoms with Crippen LogP contribution in [-0.2, 0) is 21.4 Å². The van der Waals surface area contributed by atoms with Crippen molar-refractivity contribution in [2.75, 3.05) is 27.3 Å². The van der Waals surface area contributed by atoms with Crippen LogP contribution in [0.4, 0.5) is 0 Å². The van der Waals surface area contributed by atoms with Gasteiger partial charge in [0.1, 0.15) is 5.82 Å². The van der Waals surface area contributed by atoms with Crippen molar-refractivity contribution < 1.29 is 14.3 Å². The zero-order chi connectivity index (χ0) is 25.7. The van der Waals surface area contributed by atoms with E-state index in [1.165, 1.54) is 6.42 Å². The lowest BCUT2D eigenvalue weighted by atomic mass is 10.1. The van der Waals surface area contributed by atoms with Crippen molar-refractivity contribution in [3.05, 3.63) is 40.9 Å². The predicted molar refractivity (Wildman–Crippen MR) is 142 cm³/mol. The van der Waals surface area contributed by atoms with Gasteiger partial charge >= 0.3 is 0 Å². The SMILES string of the molecule is CCC.CCCN(C(=O)CNC=O)C(C)c1ncc(-c2ccc(Br)c3ccn(C)c23)[nH]1.COC. The maximum absolute atomic E-state index is 12.5. The van der Waals surface area contributed by atoms with Gasteiger partial charge in [-0.25, -0.2) is 4.98 Å². The Hall–Kier alpha value is -2.65. The monoisotopic (exact) mass is 535 g/mol. The molecule has 2 aromatic heterocycles. The number of nitrogens with zero attached hydrogens (tertiary/aromatic N) is 3. The fraction of sp³-hybridized carbons (Fsp3) is 0.480. The Labute approximate surface area is 211 Å². The Morgan fingerprint density at radius 1 is 1.29 bits per heavy atom. The number of imidazole rings is 1. The summed E-state index contributed by atoms with van der Waals surface area (Å²) in [6.07, 6.45) is 6.44. The molecule has 0 saturated heterocycles. The molecule has 0 saturated carbocycles. The molecule has 0 aliphatic heterocycles. The minimum absolute atomic E-state index is 0.0158. The standard InChI is InChI=1S/C20H24BrN5O2.C3H8.C2H6O/c1-4-8-26(18(28)11-22-12-27)13(2)20-23-10-17(24-20)15-5-6-16(21)14-7-9-25(3)19(14)15;2*1-3-2/h5-7,9-10,12-13H,4,8,11H2,1-3H3,(H,22,27)(H,23,24);3H2,1-2H3;1-2H3. The maximum atomic E-state index is 12.5. The Bertz CT molecular complexity index is 1030. The van der Waals surface area contributed by atoms with E-state index in [4.69, 9.17) is 0 Å². The quantitative estimate of drug-likeness (QED) is 0.394. The van der Waals surface area contributed by atoms with E-state index in [-0.39, 0.29) is 18.5 Å². The molecule has 9 heteroatoms. The number of ether oxygens (including phenoxy) is 1. The molecule has 0 spiro atoms. The lowest BCUT2D eigenvalue weighted by Gasteiger charge is -2.27. The van der Waals surface area contributed by atoms with Gasteiger partial charge in [-0.05, 0) is 31.5 Å². The molecule has 34 heavy (non-hydrogen) atoms. The van der Waals surface area contributed by atoms with E-state index in [1.807, 2.05) is 33.2 Å². The molecule has 188 valence electrons. The van der Waals surface area contributed by atoms with Gasteiger partial charge in [0, 0.05) is 49.4 Å². The fourth-order valence-corrected chi connectivity index (χ4v) is 3.89. The summed E-state index contributed by atoms with van der Waals surface area (Å²) in [5.41, 5.74) is 3.05. The van der Waals surface area contributed by atoms with Crippen LogP contribution in [-0.4, -0.2) is 59.1 Å². The third-order valence-electron chi connectivity index (χ3n) is 4.85. The smallest absolute Gasteiger partial charge is 0.242 e. The molecule has 0 aliphatic rings. The van der Waals surface area contributed by atoms with Gasteiger partial charge in [0.05, 0.1) is 30.0 Å². The number of rotatable bonds is 8. The molecule has 1 atom stereocenters. The number of hydrogen-bond donors (Lipinski definition) is 2. The van der Waals surface area contributed by atoms with E-state index in [1.54, 1.807) is 25.3 Å². The summed E-state index contributed by atoms with van der Waals surface area (Å²) in [5.74, 6) is 0.584. The van der Waals surface area contributed by atoms with Crippen molar-refractivity contribution in [3.8, 4) is 11.3 Å². The topological polar surface area (TPSA) is 92.3 Å². The van der Waals surface area contributed by atoms with Gasteiger partial charge in [0.25, 0.3) is 0 Å². The molecule has 0 bridgehead atoms. The van der Waals surface area contributed by atoms with E-state index in [0.29, 0.717) is 18.8 Å². The summed E-state index contributed by atoms with van der Waals surface area (Å²) >= 11 is 3.60. The van der Waals surface area contributed by atoms with E-state index in [0.717, 1.165) is 33.1 Å². The zero-order valence-corrected chi connectivity index (χ0v) is 22.9. The second-order valence-corrected chi connectivity index (χ2v) is 8.70. The molecule has 0 aliphatic carbocycles. The number of halogens is 1.